The van der Waals surface area contributed by atoms with Gasteiger partial charge in [0.25, 0.3) is 0 Å². The minimum Gasteiger partial charge on any atom is -0.323 e. The number of hydrogen-bond donors (Lipinski definition) is 1. The summed E-state index contributed by atoms with van der Waals surface area (Å²) in [7, 11) is 0. The molecular weight excluding hydrogens is 276 g/mol. The molecule has 0 amide bonds. The molecule has 3 heteroatoms. The Morgan fingerprint density at radius 3 is 2.81 bits per heavy atom. The van der Waals surface area contributed by atoms with Gasteiger partial charge >= 0.3 is 0 Å². The molecule has 0 aliphatic heterocycles. The molecule has 1 unspecified atom stereocenters. The van der Waals surface area contributed by atoms with E-state index in [-0.39, 0.29) is 6.04 Å². The van der Waals surface area contributed by atoms with E-state index >= 15 is 0 Å². The molecule has 1 heterocycles. The van der Waals surface area contributed by atoms with E-state index in [1.54, 1.807) is 11.8 Å². The quantitative estimate of drug-likeness (QED) is 0.728. The van der Waals surface area contributed by atoms with Gasteiger partial charge in [-0.2, -0.15) is 0 Å². The third-order valence-corrected chi connectivity index (χ3v) is 4.61. The van der Waals surface area contributed by atoms with Crippen LogP contribution in [0.4, 0.5) is 0 Å². The summed E-state index contributed by atoms with van der Waals surface area (Å²) in [4.78, 5) is 5.66. The van der Waals surface area contributed by atoms with Gasteiger partial charge < -0.3 is 5.73 Å². The maximum atomic E-state index is 6.40. The fourth-order valence-corrected chi connectivity index (χ4v) is 3.43. The van der Waals surface area contributed by atoms with Gasteiger partial charge in [0, 0.05) is 28.3 Å². The molecule has 0 bridgehead atoms. The Morgan fingerprint density at radius 1 is 1.10 bits per heavy atom. The minimum absolute atomic E-state index is 0.00316. The van der Waals surface area contributed by atoms with Crippen molar-refractivity contribution in [3.8, 4) is 0 Å². The first-order valence-electron chi connectivity index (χ1n) is 7.03. The molecule has 0 radical (unpaired) electrons. The standard InChI is InChI=1S/C18H18N2S/c1-13-5-2-6-14(11-13)21-12-17(19)15-7-3-9-18-16(15)8-4-10-20-18/h2-11,17H,12,19H2,1H3. The SMILES string of the molecule is Cc1cccc(SCC(N)c2cccc3ncccc23)c1. The normalized spacial score (nSPS) is 12.5. The number of aryl methyl sites for hydroxylation is 1. The fraction of sp³-hybridized carbons (Fsp3) is 0.167. The Hall–Kier alpha value is -1.84. The van der Waals surface area contributed by atoms with Crippen LogP contribution >= 0.6 is 11.8 Å². The largest absolute Gasteiger partial charge is 0.323 e. The first-order chi connectivity index (χ1) is 10.2. The van der Waals surface area contributed by atoms with Crippen molar-refractivity contribution in [1.82, 2.24) is 4.98 Å². The van der Waals surface area contributed by atoms with Crippen LogP contribution in [0.5, 0.6) is 0 Å². The van der Waals surface area contributed by atoms with Gasteiger partial charge in [-0.3, -0.25) is 4.98 Å². The molecule has 2 nitrogen and oxygen atoms in total. The third kappa shape index (κ3) is 3.26. The first-order valence-corrected chi connectivity index (χ1v) is 8.01. The highest BCUT2D eigenvalue weighted by Crippen LogP contribution is 2.27. The summed E-state index contributed by atoms with van der Waals surface area (Å²) < 4.78 is 0. The number of benzene rings is 2. The van der Waals surface area contributed by atoms with Crippen LogP contribution < -0.4 is 5.73 Å². The Kier molecular flexibility index (Phi) is 4.23. The second kappa shape index (κ2) is 6.29. The zero-order valence-electron chi connectivity index (χ0n) is 12.0. The number of thioether (sulfide) groups is 1. The third-order valence-electron chi connectivity index (χ3n) is 3.50. The van der Waals surface area contributed by atoms with Crippen molar-refractivity contribution in [2.45, 2.75) is 17.9 Å². The maximum Gasteiger partial charge on any atom is 0.0705 e. The van der Waals surface area contributed by atoms with Crippen molar-refractivity contribution in [1.29, 1.82) is 0 Å². The molecule has 2 N–H and O–H groups in total. The van der Waals surface area contributed by atoms with E-state index in [1.165, 1.54) is 16.0 Å². The average Bonchev–Trinajstić information content (AvgIpc) is 2.52. The predicted molar refractivity (Wildman–Crippen MR) is 90.6 cm³/mol. The molecule has 0 saturated carbocycles. The summed E-state index contributed by atoms with van der Waals surface area (Å²) in [5.74, 6) is 0.859. The molecule has 0 aliphatic rings. The van der Waals surface area contributed by atoms with Gasteiger partial charge in [0.2, 0.25) is 0 Å². The van der Waals surface area contributed by atoms with Crippen LogP contribution in [0.25, 0.3) is 10.9 Å². The van der Waals surface area contributed by atoms with Crippen LogP contribution in [0.1, 0.15) is 17.2 Å². The number of aromatic nitrogens is 1. The summed E-state index contributed by atoms with van der Waals surface area (Å²) in [6.07, 6.45) is 1.82. The molecule has 1 atom stereocenters. The monoisotopic (exact) mass is 294 g/mol. The topological polar surface area (TPSA) is 38.9 Å². The highest BCUT2D eigenvalue weighted by molar-refractivity contribution is 7.99. The smallest absolute Gasteiger partial charge is 0.0705 e. The molecule has 0 saturated heterocycles. The van der Waals surface area contributed by atoms with Gasteiger partial charge in [0.1, 0.15) is 0 Å². The van der Waals surface area contributed by atoms with Crippen molar-refractivity contribution in [3.05, 3.63) is 71.9 Å². The Morgan fingerprint density at radius 2 is 1.95 bits per heavy atom. The van der Waals surface area contributed by atoms with Gasteiger partial charge in [-0.25, -0.2) is 0 Å². The van der Waals surface area contributed by atoms with Crippen molar-refractivity contribution in [2.24, 2.45) is 5.73 Å². The molecule has 0 aliphatic carbocycles. The molecule has 0 spiro atoms. The fourth-order valence-electron chi connectivity index (χ4n) is 2.43. The maximum absolute atomic E-state index is 6.40. The number of hydrogen-bond acceptors (Lipinski definition) is 3. The lowest BCUT2D eigenvalue weighted by molar-refractivity contribution is 0.839. The molecule has 0 fully saturated rings. The summed E-state index contributed by atoms with van der Waals surface area (Å²) in [5.41, 5.74) is 9.85. The van der Waals surface area contributed by atoms with E-state index in [1.807, 2.05) is 24.4 Å². The number of fused-ring (bicyclic) bond motifs is 1. The second-order valence-corrected chi connectivity index (χ2v) is 6.24. The number of rotatable bonds is 4. The average molecular weight is 294 g/mol. The molecule has 21 heavy (non-hydrogen) atoms. The van der Waals surface area contributed by atoms with Gasteiger partial charge in [-0.05, 0) is 36.8 Å². The zero-order chi connectivity index (χ0) is 14.7. The Bertz CT molecular complexity index is 750. The Balaban J connectivity index is 1.79. The Labute approximate surface area is 129 Å². The van der Waals surface area contributed by atoms with Crippen LogP contribution in [0, 0.1) is 6.92 Å². The van der Waals surface area contributed by atoms with Crippen LogP contribution in [0.3, 0.4) is 0 Å². The summed E-state index contributed by atoms with van der Waals surface area (Å²) >= 11 is 1.80. The lowest BCUT2D eigenvalue weighted by Gasteiger charge is -2.14. The van der Waals surface area contributed by atoms with Crippen molar-refractivity contribution in [3.63, 3.8) is 0 Å². The van der Waals surface area contributed by atoms with E-state index in [9.17, 15) is 0 Å². The van der Waals surface area contributed by atoms with Crippen molar-refractivity contribution in [2.75, 3.05) is 5.75 Å². The van der Waals surface area contributed by atoms with E-state index in [0.717, 1.165) is 16.7 Å². The lowest BCUT2D eigenvalue weighted by atomic mass is 10.0. The van der Waals surface area contributed by atoms with Crippen LogP contribution in [-0.4, -0.2) is 10.7 Å². The lowest BCUT2D eigenvalue weighted by Crippen LogP contribution is -2.13. The van der Waals surface area contributed by atoms with E-state index in [2.05, 4.69) is 48.3 Å². The number of nitrogens with two attached hydrogens (primary N) is 1. The van der Waals surface area contributed by atoms with Crippen LogP contribution in [0.15, 0.2) is 65.7 Å². The number of pyridine rings is 1. The van der Waals surface area contributed by atoms with E-state index in [0.29, 0.717) is 0 Å². The minimum atomic E-state index is 0.00316. The zero-order valence-corrected chi connectivity index (χ0v) is 12.8. The highest BCUT2D eigenvalue weighted by Gasteiger charge is 2.10. The summed E-state index contributed by atoms with van der Waals surface area (Å²) in [6.45, 7) is 2.11. The molecule has 106 valence electrons. The van der Waals surface area contributed by atoms with E-state index < -0.39 is 0 Å². The van der Waals surface area contributed by atoms with Gasteiger partial charge in [0.15, 0.2) is 0 Å². The van der Waals surface area contributed by atoms with E-state index in [4.69, 9.17) is 5.73 Å². The second-order valence-electron chi connectivity index (χ2n) is 5.15. The summed E-state index contributed by atoms with van der Waals surface area (Å²) in [6, 6.07) is 18.7. The number of nitrogens with zero attached hydrogens (tertiary/aromatic N) is 1. The van der Waals surface area contributed by atoms with Crippen molar-refractivity contribution < 1.29 is 0 Å². The van der Waals surface area contributed by atoms with Gasteiger partial charge in [0.05, 0.1) is 5.52 Å². The molecule has 3 aromatic rings. The first kappa shape index (κ1) is 14.1. The highest BCUT2D eigenvalue weighted by atomic mass is 32.2. The van der Waals surface area contributed by atoms with Gasteiger partial charge in [-0.15, -0.1) is 11.8 Å². The summed E-state index contributed by atoms with van der Waals surface area (Å²) in [5, 5.41) is 1.15. The molecule has 1 aromatic heterocycles. The molecule has 3 rings (SSSR count). The molecule has 2 aromatic carbocycles. The van der Waals surface area contributed by atoms with Gasteiger partial charge in [-0.1, -0.05) is 35.9 Å². The van der Waals surface area contributed by atoms with Crippen LogP contribution in [0.2, 0.25) is 0 Å². The van der Waals surface area contributed by atoms with Crippen LogP contribution in [-0.2, 0) is 0 Å². The van der Waals surface area contributed by atoms with Crippen molar-refractivity contribution >= 4 is 22.7 Å². The predicted octanol–water partition coefficient (Wildman–Crippen LogP) is 4.34. The molecular formula is C18H18N2S.